The number of hydrogen-bond donors (Lipinski definition) is 0. The van der Waals surface area contributed by atoms with Gasteiger partial charge in [0.1, 0.15) is 12.4 Å². The highest BCUT2D eigenvalue weighted by molar-refractivity contribution is 5.87. The van der Waals surface area contributed by atoms with Gasteiger partial charge in [0.2, 0.25) is 5.75 Å². The van der Waals surface area contributed by atoms with E-state index in [0.717, 1.165) is 16.9 Å². The van der Waals surface area contributed by atoms with Gasteiger partial charge in [-0.05, 0) is 41.5 Å². The minimum Gasteiger partial charge on any atom is -0.497 e. The molecular weight excluding hydrogens is 336 g/mol. The Kier molecular flexibility index (Phi) is 6.91. The van der Waals surface area contributed by atoms with Crippen LogP contribution in [0.4, 0.5) is 0 Å². The highest BCUT2D eigenvalue weighted by atomic mass is 16.5. The van der Waals surface area contributed by atoms with Crippen LogP contribution in [0.25, 0.3) is 6.08 Å². The van der Waals surface area contributed by atoms with Gasteiger partial charge in [-0.3, -0.25) is 0 Å². The van der Waals surface area contributed by atoms with E-state index in [-0.39, 0.29) is 6.61 Å². The molecule has 0 aliphatic carbocycles. The summed E-state index contributed by atoms with van der Waals surface area (Å²) in [5, 5.41) is 0. The van der Waals surface area contributed by atoms with Gasteiger partial charge < -0.3 is 23.7 Å². The molecule has 0 heterocycles. The maximum absolute atomic E-state index is 11.9. The maximum atomic E-state index is 11.9. The van der Waals surface area contributed by atoms with Gasteiger partial charge in [-0.1, -0.05) is 12.1 Å². The van der Waals surface area contributed by atoms with E-state index in [2.05, 4.69) is 0 Å². The third-order valence-electron chi connectivity index (χ3n) is 3.64. The van der Waals surface area contributed by atoms with Gasteiger partial charge in [-0.15, -0.1) is 0 Å². The second-order valence-electron chi connectivity index (χ2n) is 5.25. The molecule has 0 N–H and O–H groups in total. The van der Waals surface area contributed by atoms with Gasteiger partial charge in [0.15, 0.2) is 11.5 Å². The van der Waals surface area contributed by atoms with Crippen molar-refractivity contribution in [2.75, 3.05) is 28.4 Å². The van der Waals surface area contributed by atoms with Crippen molar-refractivity contribution in [3.8, 4) is 23.0 Å². The van der Waals surface area contributed by atoms with Crippen LogP contribution in [0.3, 0.4) is 0 Å². The fourth-order valence-electron chi connectivity index (χ4n) is 2.29. The summed E-state index contributed by atoms with van der Waals surface area (Å²) in [7, 11) is 6.21. The fraction of sp³-hybridized carbons (Fsp3) is 0.250. The van der Waals surface area contributed by atoms with Crippen LogP contribution in [-0.2, 0) is 16.1 Å². The lowest BCUT2D eigenvalue weighted by atomic mass is 10.1. The Labute approximate surface area is 152 Å². The smallest absolute Gasteiger partial charge is 0.331 e. The van der Waals surface area contributed by atoms with E-state index in [1.165, 1.54) is 27.4 Å². The van der Waals surface area contributed by atoms with E-state index in [1.807, 2.05) is 24.3 Å². The Bertz CT molecular complexity index is 739. The number of benzene rings is 2. The SMILES string of the molecule is COc1ccc(COC(=O)/C=C/c2cc(OC)c(OC)c(OC)c2)cc1. The van der Waals surface area contributed by atoms with E-state index in [9.17, 15) is 4.79 Å². The largest absolute Gasteiger partial charge is 0.497 e. The highest BCUT2D eigenvalue weighted by Crippen LogP contribution is 2.38. The zero-order valence-corrected chi connectivity index (χ0v) is 15.3. The number of rotatable bonds is 8. The molecule has 0 saturated heterocycles. The van der Waals surface area contributed by atoms with Gasteiger partial charge in [0.25, 0.3) is 0 Å². The first-order chi connectivity index (χ1) is 12.6. The second-order valence-corrected chi connectivity index (χ2v) is 5.25. The van der Waals surface area contributed by atoms with Crippen LogP contribution in [0.1, 0.15) is 11.1 Å². The molecular formula is C20H22O6. The van der Waals surface area contributed by atoms with E-state index >= 15 is 0 Å². The quantitative estimate of drug-likeness (QED) is 0.532. The number of carbonyl (C=O) groups excluding carboxylic acids is 1. The maximum Gasteiger partial charge on any atom is 0.331 e. The van der Waals surface area contributed by atoms with Crippen molar-refractivity contribution in [1.82, 2.24) is 0 Å². The lowest BCUT2D eigenvalue weighted by Gasteiger charge is -2.12. The minimum atomic E-state index is -0.449. The Hall–Kier alpha value is -3.15. The number of methoxy groups -OCH3 is 4. The average Bonchev–Trinajstić information content (AvgIpc) is 2.69. The lowest BCUT2D eigenvalue weighted by molar-refractivity contribution is -0.138. The highest BCUT2D eigenvalue weighted by Gasteiger charge is 2.12. The molecule has 0 radical (unpaired) electrons. The number of ether oxygens (including phenoxy) is 5. The molecule has 0 spiro atoms. The predicted octanol–water partition coefficient (Wildman–Crippen LogP) is 3.48. The molecule has 2 rings (SSSR count). The first-order valence-electron chi connectivity index (χ1n) is 7.89. The molecule has 2 aromatic rings. The van der Waals surface area contributed by atoms with Crippen molar-refractivity contribution in [3.05, 3.63) is 53.6 Å². The molecule has 0 atom stereocenters. The van der Waals surface area contributed by atoms with E-state index in [1.54, 1.807) is 25.3 Å². The average molecular weight is 358 g/mol. The summed E-state index contributed by atoms with van der Waals surface area (Å²) >= 11 is 0. The Morgan fingerprint density at radius 2 is 1.50 bits per heavy atom. The molecule has 0 aliphatic heterocycles. The summed E-state index contributed by atoms with van der Waals surface area (Å²) < 4.78 is 26.2. The van der Waals surface area contributed by atoms with Gasteiger partial charge in [-0.2, -0.15) is 0 Å². The van der Waals surface area contributed by atoms with Crippen molar-refractivity contribution < 1.29 is 28.5 Å². The molecule has 0 amide bonds. The molecule has 0 aromatic heterocycles. The van der Waals surface area contributed by atoms with Crippen LogP contribution >= 0.6 is 0 Å². The normalized spacial score (nSPS) is 10.5. The zero-order chi connectivity index (χ0) is 18.9. The first kappa shape index (κ1) is 19.2. The van der Waals surface area contributed by atoms with Crippen LogP contribution in [-0.4, -0.2) is 34.4 Å². The number of esters is 1. The monoisotopic (exact) mass is 358 g/mol. The van der Waals surface area contributed by atoms with Crippen molar-refractivity contribution in [1.29, 1.82) is 0 Å². The Balaban J connectivity index is 2.02. The van der Waals surface area contributed by atoms with Gasteiger partial charge >= 0.3 is 5.97 Å². The van der Waals surface area contributed by atoms with Crippen molar-refractivity contribution in [3.63, 3.8) is 0 Å². The van der Waals surface area contributed by atoms with Gasteiger partial charge in [-0.25, -0.2) is 4.79 Å². The number of carbonyl (C=O) groups is 1. The third-order valence-corrected chi connectivity index (χ3v) is 3.64. The summed E-state index contributed by atoms with van der Waals surface area (Å²) in [5.41, 5.74) is 1.60. The van der Waals surface area contributed by atoms with Crippen LogP contribution in [0.5, 0.6) is 23.0 Å². The fourth-order valence-corrected chi connectivity index (χ4v) is 2.29. The van der Waals surface area contributed by atoms with Crippen LogP contribution < -0.4 is 18.9 Å². The second kappa shape index (κ2) is 9.36. The summed E-state index contributed by atoms with van der Waals surface area (Å²) in [6.45, 7) is 0.183. The van der Waals surface area contributed by atoms with E-state index in [0.29, 0.717) is 17.2 Å². The third kappa shape index (κ3) is 4.92. The molecule has 26 heavy (non-hydrogen) atoms. The molecule has 0 bridgehead atoms. The summed E-state index contributed by atoms with van der Waals surface area (Å²) in [6.07, 6.45) is 2.98. The summed E-state index contributed by atoms with van der Waals surface area (Å²) in [6, 6.07) is 10.8. The summed E-state index contributed by atoms with van der Waals surface area (Å²) in [5.74, 6) is 1.82. The molecule has 6 heteroatoms. The van der Waals surface area contributed by atoms with E-state index < -0.39 is 5.97 Å². The molecule has 0 saturated carbocycles. The van der Waals surface area contributed by atoms with Crippen LogP contribution in [0, 0.1) is 0 Å². The standard InChI is InChI=1S/C20H22O6/c1-22-16-8-5-14(6-9-16)13-26-19(21)10-7-15-11-17(23-2)20(25-4)18(12-15)24-3/h5-12H,13H2,1-4H3/b10-7+. The molecule has 0 unspecified atom stereocenters. The first-order valence-corrected chi connectivity index (χ1v) is 7.89. The topological polar surface area (TPSA) is 63.2 Å². The number of hydrogen-bond acceptors (Lipinski definition) is 6. The van der Waals surface area contributed by atoms with Crippen molar-refractivity contribution in [2.45, 2.75) is 6.61 Å². The zero-order valence-electron chi connectivity index (χ0n) is 15.3. The Morgan fingerprint density at radius 1 is 0.885 bits per heavy atom. The van der Waals surface area contributed by atoms with E-state index in [4.69, 9.17) is 23.7 Å². The lowest BCUT2D eigenvalue weighted by Crippen LogP contribution is -2.01. The molecule has 6 nitrogen and oxygen atoms in total. The van der Waals surface area contributed by atoms with Gasteiger partial charge in [0.05, 0.1) is 28.4 Å². The predicted molar refractivity (Wildman–Crippen MR) is 97.9 cm³/mol. The molecule has 138 valence electrons. The molecule has 0 aliphatic rings. The van der Waals surface area contributed by atoms with Crippen LogP contribution in [0.15, 0.2) is 42.5 Å². The minimum absolute atomic E-state index is 0.183. The molecule has 2 aromatic carbocycles. The molecule has 0 fully saturated rings. The summed E-state index contributed by atoms with van der Waals surface area (Å²) in [4.78, 5) is 11.9. The van der Waals surface area contributed by atoms with Gasteiger partial charge in [0, 0.05) is 6.08 Å². The Morgan fingerprint density at radius 3 is 2.00 bits per heavy atom. The van der Waals surface area contributed by atoms with Crippen molar-refractivity contribution >= 4 is 12.0 Å². The van der Waals surface area contributed by atoms with Crippen LogP contribution in [0.2, 0.25) is 0 Å². The van der Waals surface area contributed by atoms with Crippen molar-refractivity contribution in [2.24, 2.45) is 0 Å².